The van der Waals surface area contributed by atoms with E-state index < -0.39 is 0 Å². The topological polar surface area (TPSA) is 49.3 Å². The monoisotopic (exact) mass is 322 g/mol. The summed E-state index contributed by atoms with van der Waals surface area (Å²) < 4.78 is 0. The van der Waals surface area contributed by atoms with Crippen LogP contribution < -0.4 is 9.80 Å². The predicted molar refractivity (Wildman–Crippen MR) is 94.5 cm³/mol. The molecule has 5 nitrogen and oxygen atoms in total. The molecule has 0 spiro atoms. The van der Waals surface area contributed by atoms with E-state index in [9.17, 15) is 4.79 Å². The second kappa shape index (κ2) is 6.59. The van der Waals surface area contributed by atoms with Gasteiger partial charge in [-0.25, -0.2) is 9.97 Å². The first-order chi connectivity index (χ1) is 11.8. The molecule has 0 radical (unpaired) electrons. The van der Waals surface area contributed by atoms with E-state index in [0.29, 0.717) is 5.56 Å². The molecule has 124 valence electrons. The molecule has 2 aromatic rings. The van der Waals surface area contributed by atoms with Crippen molar-refractivity contribution < 1.29 is 4.79 Å². The van der Waals surface area contributed by atoms with Gasteiger partial charge in [-0.15, -0.1) is 0 Å². The van der Waals surface area contributed by atoms with Crippen LogP contribution in [-0.2, 0) is 6.42 Å². The Hall–Kier alpha value is -2.43. The number of rotatable bonds is 2. The second-order valence-electron chi connectivity index (χ2n) is 6.51. The van der Waals surface area contributed by atoms with Crippen molar-refractivity contribution >= 4 is 17.5 Å². The molecule has 0 saturated carbocycles. The number of aromatic nitrogens is 2. The Balaban J connectivity index is 1.55. The summed E-state index contributed by atoms with van der Waals surface area (Å²) in [6.07, 6.45) is 9.04. The van der Waals surface area contributed by atoms with Crippen LogP contribution in [0.1, 0.15) is 41.6 Å². The zero-order chi connectivity index (χ0) is 16.4. The summed E-state index contributed by atoms with van der Waals surface area (Å²) in [5, 5.41) is 0. The first-order valence-corrected chi connectivity index (χ1v) is 8.80. The molecule has 1 amide bonds. The molecule has 0 aliphatic carbocycles. The van der Waals surface area contributed by atoms with Gasteiger partial charge in [0.25, 0.3) is 5.91 Å². The fourth-order valence-corrected chi connectivity index (χ4v) is 3.59. The lowest BCUT2D eigenvalue weighted by Gasteiger charge is -2.29. The molecule has 5 heteroatoms. The highest BCUT2D eigenvalue weighted by Crippen LogP contribution is 2.28. The highest BCUT2D eigenvalue weighted by Gasteiger charge is 2.24. The summed E-state index contributed by atoms with van der Waals surface area (Å²) in [7, 11) is 0. The Morgan fingerprint density at radius 3 is 2.46 bits per heavy atom. The lowest BCUT2D eigenvalue weighted by molar-refractivity contribution is 0.0984. The summed E-state index contributed by atoms with van der Waals surface area (Å²) >= 11 is 0. The first-order valence-electron chi connectivity index (χ1n) is 8.80. The van der Waals surface area contributed by atoms with E-state index in [4.69, 9.17) is 0 Å². The summed E-state index contributed by atoms with van der Waals surface area (Å²) in [5.41, 5.74) is 2.82. The number of nitrogens with zero attached hydrogens (tertiary/aromatic N) is 4. The van der Waals surface area contributed by atoms with Crippen LogP contribution in [0.15, 0.2) is 36.7 Å². The van der Waals surface area contributed by atoms with E-state index in [1.165, 1.54) is 24.8 Å². The first kappa shape index (κ1) is 15.1. The van der Waals surface area contributed by atoms with Gasteiger partial charge in [0.1, 0.15) is 0 Å². The number of benzene rings is 1. The average molecular weight is 322 g/mol. The second-order valence-corrected chi connectivity index (χ2v) is 6.51. The van der Waals surface area contributed by atoms with E-state index in [0.717, 1.165) is 44.1 Å². The molecule has 0 bridgehead atoms. The van der Waals surface area contributed by atoms with Crippen molar-refractivity contribution in [1.82, 2.24) is 9.97 Å². The molecule has 1 saturated heterocycles. The SMILES string of the molecule is O=C(c1cnc(N2CCCCC2)nc1)N1CCCc2ccccc21. The number of para-hydroxylation sites is 1. The third-order valence-electron chi connectivity index (χ3n) is 4.88. The van der Waals surface area contributed by atoms with Crippen molar-refractivity contribution in [2.24, 2.45) is 0 Å². The van der Waals surface area contributed by atoms with Crippen LogP contribution in [-0.4, -0.2) is 35.5 Å². The molecule has 3 heterocycles. The van der Waals surface area contributed by atoms with Crippen molar-refractivity contribution in [2.45, 2.75) is 32.1 Å². The molecular formula is C19H22N4O. The summed E-state index contributed by atoms with van der Waals surface area (Å²) in [6, 6.07) is 8.14. The lowest BCUT2D eigenvalue weighted by Crippen LogP contribution is -2.36. The van der Waals surface area contributed by atoms with Crippen molar-refractivity contribution in [1.29, 1.82) is 0 Å². The number of anilines is 2. The minimum atomic E-state index is -0.00709. The summed E-state index contributed by atoms with van der Waals surface area (Å²) in [6.45, 7) is 2.77. The third kappa shape index (κ3) is 2.86. The van der Waals surface area contributed by atoms with Crippen molar-refractivity contribution in [2.75, 3.05) is 29.4 Å². The minimum absolute atomic E-state index is 0.00709. The van der Waals surface area contributed by atoms with Gasteiger partial charge in [-0.3, -0.25) is 4.79 Å². The van der Waals surface area contributed by atoms with Crippen LogP contribution in [0.3, 0.4) is 0 Å². The fraction of sp³-hybridized carbons (Fsp3) is 0.421. The van der Waals surface area contributed by atoms with Crippen LogP contribution in [0.5, 0.6) is 0 Å². The van der Waals surface area contributed by atoms with E-state index in [1.807, 2.05) is 23.1 Å². The normalized spacial score (nSPS) is 17.5. The number of piperidine rings is 1. The lowest BCUT2D eigenvalue weighted by atomic mass is 10.0. The number of amides is 1. The molecule has 2 aliphatic rings. The average Bonchev–Trinajstić information content (AvgIpc) is 2.68. The standard InChI is InChI=1S/C19H22N4O/c24-18(23-12-6-8-15-7-2-3-9-17(15)23)16-13-20-19(21-14-16)22-10-4-1-5-11-22/h2-3,7,9,13-14H,1,4-6,8,10-12H2. The highest BCUT2D eigenvalue weighted by atomic mass is 16.2. The maximum absolute atomic E-state index is 12.9. The number of fused-ring (bicyclic) bond motifs is 1. The minimum Gasteiger partial charge on any atom is -0.341 e. The Kier molecular flexibility index (Phi) is 4.15. The van der Waals surface area contributed by atoms with Crippen molar-refractivity contribution in [3.8, 4) is 0 Å². The van der Waals surface area contributed by atoms with Crippen LogP contribution in [0.25, 0.3) is 0 Å². The largest absolute Gasteiger partial charge is 0.341 e. The number of carbonyl (C=O) groups is 1. The third-order valence-corrected chi connectivity index (χ3v) is 4.88. The Labute approximate surface area is 142 Å². The van der Waals surface area contributed by atoms with Gasteiger partial charge in [-0.1, -0.05) is 18.2 Å². The van der Waals surface area contributed by atoms with Gasteiger partial charge in [0, 0.05) is 37.7 Å². The van der Waals surface area contributed by atoms with Crippen LogP contribution in [0.4, 0.5) is 11.6 Å². The van der Waals surface area contributed by atoms with Gasteiger partial charge >= 0.3 is 0 Å². The number of carbonyl (C=O) groups excluding carboxylic acids is 1. The summed E-state index contributed by atoms with van der Waals surface area (Å²) in [4.78, 5) is 25.8. The van der Waals surface area contributed by atoms with E-state index in [-0.39, 0.29) is 5.91 Å². The van der Waals surface area contributed by atoms with Crippen LogP contribution >= 0.6 is 0 Å². The zero-order valence-electron chi connectivity index (χ0n) is 13.8. The molecule has 0 atom stereocenters. The molecule has 0 unspecified atom stereocenters. The predicted octanol–water partition coefficient (Wildman–Crippen LogP) is 3.06. The number of hydrogen-bond acceptors (Lipinski definition) is 4. The van der Waals surface area contributed by atoms with Gasteiger partial charge < -0.3 is 9.80 Å². The Morgan fingerprint density at radius 2 is 1.67 bits per heavy atom. The Bertz CT molecular complexity index is 722. The van der Waals surface area contributed by atoms with E-state index in [1.54, 1.807) is 12.4 Å². The summed E-state index contributed by atoms with van der Waals surface area (Å²) in [5.74, 6) is 0.734. The van der Waals surface area contributed by atoms with Gasteiger partial charge in [0.2, 0.25) is 5.95 Å². The van der Waals surface area contributed by atoms with E-state index >= 15 is 0 Å². The van der Waals surface area contributed by atoms with E-state index in [2.05, 4.69) is 20.9 Å². The molecule has 4 rings (SSSR count). The van der Waals surface area contributed by atoms with Gasteiger partial charge in [-0.05, 0) is 43.7 Å². The fourth-order valence-electron chi connectivity index (χ4n) is 3.59. The van der Waals surface area contributed by atoms with Crippen LogP contribution in [0.2, 0.25) is 0 Å². The zero-order valence-corrected chi connectivity index (χ0v) is 13.8. The molecule has 24 heavy (non-hydrogen) atoms. The van der Waals surface area contributed by atoms with Gasteiger partial charge in [0.05, 0.1) is 5.56 Å². The number of hydrogen-bond donors (Lipinski definition) is 0. The van der Waals surface area contributed by atoms with Crippen LogP contribution in [0, 0.1) is 0 Å². The smallest absolute Gasteiger partial charge is 0.261 e. The molecule has 1 fully saturated rings. The maximum atomic E-state index is 12.9. The molecule has 1 aromatic carbocycles. The van der Waals surface area contributed by atoms with Gasteiger partial charge in [0.15, 0.2) is 0 Å². The molecule has 0 N–H and O–H groups in total. The Morgan fingerprint density at radius 1 is 0.917 bits per heavy atom. The van der Waals surface area contributed by atoms with Crippen molar-refractivity contribution in [3.63, 3.8) is 0 Å². The quantitative estimate of drug-likeness (QED) is 0.852. The molecule has 1 aromatic heterocycles. The van der Waals surface area contributed by atoms with Crippen molar-refractivity contribution in [3.05, 3.63) is 47.8 Å². The maximum Gasteiger partial charge on any atom is 0.261 e. The highest BCUT2D eigenvalue weighted by molar-refractivity contribution is 6.06. The van der Waals surface area contributed by atoms with Gasteiger partial charge in [-0.2, -0.15) is 0 Å². The molecular weight excluding hydrogens is 300 g/mol. The molecule has 2 aliphatic heterocycles. The number of aryl methyl sites for hydroxylation is 1.